The van der Waals surface area contributed by atoms with E-state index in [1.54, 1.807) is 13.2 Å². The molecule has 1 amide bonds. The summed E-state index contributed by atoms with van der Waals surface area (Å²) in [5, 5.41) is 3.13. The van der Waals surface area contributed by atoms with Crippen LogP contribution < -0.4 is 10.1 Å². The molecule has 0 aliphatic heterocycles. The highest BCUT2D eigenvalue weighted by Gasteiger charge is 2.19. The Labute approximate surface area is 155 Å². The van der Waals surface area contributed by atoms with Gasteiger partial charge >= 0.3 is 0 Å². The zero-order valence-electron chi connectivity index (χ0n) is 13.8. The van der Waals surface area contributed by atoms with Crippen molar-refractivity contribution < 1.29 is 9.53 Å². The van der Waals surface area contributed by atoms with E-state index in [-0.39, 0.29) is 11.9 Å². The van der Waals surface area contributed by atoms with E-state index in [4.69, 9.17) is 4.74 Å². The molecular weight excluding hydrogens is 378 g/mol. The number of amides is 1. The first kappa shape index (κ1) is 17.2. The first-order chi connectivity index (χ1) is 12.2. The predicted molar refractivity (Wildman–Crippen MR) is 103 cm³/mol. The summed E-state index contributed by atoms with van der Waals surface area (Å²) in [6.07, 6.45) is 0. The van der Waals surface area contributed by atoms with Crippen molar-refractivity contribution in [3.8, 4) is 5.75 Å². The minimum absolute atomic E-state index is 0.128. The molecule has 4 heteroatoms. The van der Waals surface area contributed by atoms with Crippen LogP contribution >= 0.6 is 15.9 Å². The summed E-state index contributed by atoms with van der Waals surface area (Å²) in [5.74, 6) is 0.657. The highest BCUT2D eigenvalue weighted by atomic mass is 79.9. The minimum atomic E-state index is -0.244. The Bertz CT molecular complexity index is 847. The smallest absolute Gasteiger partial charge is 0.253 e. The van der Waals surface area contributed by atoms with Crippen LogP contribution in [0, 0.1) is 0 Å². The van der Waals surface area contributed by atoms with E-state index < -0.39 is 0 Å². The second-order valence-corrected chi connectivity index (χ2v) is 6.42. The van der Waals surface area contributed by atoms with Gasteiger partial charge in [0.1, 0.15) is 5.75 Å². The molecule has 3 rings (SSSR count). The number of rotatable bonds is 5. The lowest BCUT2D eigenvalue weighted by atomic mass is 9.98. The average molecular weight is 396 g/mol. The molecule has 3 aromatic rings. The molecule has 1 atom stereocenters. The molecule has 0 unspecified atom stereocenters. The molecule has 0 radical (unpaired) electrons. The molecule has 1 N–H and O–H groups in total. The fraction of sp³-hybridized carbons (Fsp3) is 0.0952. The van der Waals surface area contributed by atoms with E-state index in [0.717, 1.165) is 21.3 Å². The molecule has 0 saturated heterocycles. The van der Waals surface area contributed by atoms with Crippen molar-refractivity contribution in [3.05, 3.63) is 100 Å². The fourth-order valence-corrected chi connectivity index (χ4v) is 3.12. The normalized spacial score (nSPS) is 11.6. The Morgan fingerprint density at radius 2 is 1.48 bits per heavy atom. The van der Waals surface area contributed by atoms with Crippen LogP contribution in [-0.2, 0) is 0 Å². The average Bonchev–Trinajstić information content (AvgIpc) is 2.67. The van der Waals surface area contributed by atoms with Gasteiger partial charge in [-0.05, 0) is 51.3 Å². The number of methoxy groups -OCH3 is 1. The summed E-state index contributed by atoms with van der Waals surface area (Å²) in [7, 11) is 1.64. The standard InChI is InChI=1S/C21H18BrNO2/c1-25-17-13-11-16(12-14-17)20(15-7-3-2-4-8-15)23-21(24)18-9-5-6-10-19(18)22/h2-14,20H,1H3,(H,23,24)/t20-/m0/s1. The zero-order valence-corrected chi connectivity index (χ0v) is 15.4. The number of hydrogen-bond acceptors (Lipinski definition) is 2. The first-order valence-corrected chi connectivity index (χ1v) is 8.72. The lowest BCUT2D eigenvalue weighted by Gasteiger charge is -2.20. The number of halogens is 1. The third-order valence-corrected chi connectivity index (χ3v) is 4.67. The van der Waals surface area contributed by atoms with Crippen molar-refractivity contribution >= 4 is 21.8 Å². The summed E-state index contributed by atoms with van der Waals surface area (Å²) < 4.78 is 6.00. The summed E-state index contributed by atoms with van der Waals surface area (Å²) in [6.45, 7) is 0. The van der Waals surface area contributed by atoms with Gasteiger partial charge in [-0.25, -0.2) is 0 Å². The van der Waals surface area contributed by atoms with Gasteiger partial charge in [0.2, 0.25) is 0 Å². The van der Waals surface area contributed by atoms with E-state index in [1.807, 2.05) is 72.8 Å². The molecule has 0 saturated carbocycles. The first-order valence-electron chi connectivity index (χ1n) is 7.93. The number of hydrogen-bond donors (Lipinski definition) is 1. The molecule has 3 aromatic carbocycles. The second kappa shape index (κ2) is 7.99. The maximum Gasteiger partial charge on any atom is 0.253 e. The van der Waals surface area contributed by atoms with Gasteiger partial charge < -0.3 is 10.1 Å². The van der Waals surface area contributed by atoms with Crippen LogP contribution in [0.1, 0.15) is 27.5 Å². The fourth-order valence-electron chi connectivity index (χ4n) is 2.66. The largest absolute Gasteiger partial charge is 0.497 e. The lowest BCUT2D eigenvalue weighted by molar-refractivity contribution is 0.0942. The Hall–Kier alpha value is -2.59. The maximum atomic E-state index is 12.8. The van der Waals surface area contributed by atoms with Gasteiger partial charge in [0, 0.05) is 4.47 Å². The van der Waals surface area contributed by atoms with Gasteiger partial charge in [-0.3, -0.25) is 4.79 Å². The van der Waals surface area contributed by atoms with Gasteiger partial charge in [0.15, 0.2) is 0 Å². The Morgan fingerprint density at radius 3 is 2.12 bits per heavy atom. The zero-order chi connectivity index (χ0) is 17.6. The Balaban J connectivity index is 1.94. The number of ether oxygens (including phenoxy) is 1. The van der Waals surface area contributed by atoms with Crippen LogP contribution in [0.2, 0.25) is 0 Å². The summed E-state index contributed by atoms with van der Waals surface area (Å²) >= 11 is 3.44. The van der Waals surface area contributed by atoms with Crippen LogP contribution in [0.5, 0.6) is 5.75 Å². The Kier molecular flexibility index (Phi) is 5.51. The van der Waals surface area contributed by atoms with Crippen LogP contribution in [0.25, 0.3) is 0 Å². The van der Waals surface area contributed by atoms with Crippen molar-refractivity contribution in [2.24, 2.45) is 0 Å². The molecule has 0 aromatic heterocycles. The third-order valence-electron chi connectivity index (χ3n) is 3.98. The monoisotopic (exact) mass is 395 g/mol. The molecule has 0 aliphatic carbocycles. The topological polar surface area (TPSA) is 38.3 Å². The van der Waals surface area contributed by atoms with E-state index in [2.05, 4.69) is 21.2 Å². The third kappa shape index (κ3) is 4.09. The quantitative estimate of drug-likeness (QED) is 0.661. The van der Waals surface area contributed by atoms with Crippen LogP contribution in [-0.4, -0.2) is 13.0 Å². The van der Waals surface area contributed by atoms with Crippen LogP contribution in [0.3, 0.4) is 0 Å². The molecule has 0 fully saturated rings. The highest BCUT2D eigenvalue weighted by molar-refractivity contribution is 9.10. The van der Waals surface area contributed by atoms with Crippen LogP contribution in [0.15, 0.2) is 83.3 Å². The van der Waals surface area contributed by atoms with Gasteiger partial charge in [-0.2, -0.15) is 0 Å². The molecule has 3 nitrogen and oxygen atoms in total. The summed E-state index contributed by atoms with van der Waals surface area (Å²) in [5.41, 5.74) is 2.62. The van der Waals surface area contributed by atoms with Gasteiger partial charge in [-0.1, -0.05) is 54.6 Å². The minimum Gasteiger partial charge on any atom is -0.497 e. The number of benzene rings is 3. The highest BCUT2D eigenvalue weighted by Crippen LogP contribution is 2.25. The SMILES string of the molecule is COc1ccc([C@@H](NC(=O)c2ccccc2Br)c2ccccc2)cc1. The van der Waals surface area contributed by atoms with Crippen molar-refractivity contribution in [2.75, 3.05) is 7.11 Å². The summed E-state index contributed by atoms with van der Waals surface area (Å²) in [4.78, 5) is 12.8. The van der Waals surface area contributed by atoms with E-state index >= 15 is 0 Å². The number of carbonyl (C=O) groups excluding carboxylic acids is 1. The van der Waals surface area contributed by atoms with Gasteiger partial charge in [0.05, 0.1) is 18.7 Å². The van der Waals surface area contributed by atoms with E-state index in [9.17, 15) is 4.79 Å². The maximum absolute atomic E-state index is 12.8. The molecular formula is C21H18BrNO2. The predicted octanol–water partition coefficient (Wildman–Crippen LogP) is 4.98. The van der Waals surface area contributed by atoms with Crippen molar-refractivity contribution in [2.45, 2.75) is 6.04 Å². The molecule has 0 spiro atoms. The molecule has 0 heterocycles. The van der Waals surface area contributed by atoms with Crippen molar-refractivity contribution in [3.63, 3.8) is 0 Å². The summed E-state index contributed by atoms with van der Waals surface area (Å²) in [6, 6.07) is 24.8. The van der Waals surface area contributed by atoms with Crippen molar-refractivity contribution in [1.82, 2.24) is 5.32 Å². The molecule has 126 valence electrons. The number of nitrogens with one attached hydrogen (secondary N) is 1. The molecule has 25 heavy (non-hydrogen) atoms. The molecule has 0 aliphatic rings. The van der Waals surface area contributed by atoms with Gasteiger partial charge in [-0.15, -0.1) is 0 Å². The van der Waals surface area contributed by atoms with Gasteiger partial charge in [0.25, 0.3) is 5.91 Å². The van der Waals surface area contributed by atoms with E-state index in [0.29, 0.717) is 5.56 Å². The molecule has 0 bridgehead atoms. The van der Waals surface area contributed by atoms with Crippen LogP contribution in [0.4, 0.5) is 0 Å². The second-order valence-electron chi connectivity index (χ2n) is 5.57. The van der Waals surface area contributed by atoms with E-state index in [1.165, 1.54) is 0 Å². The number of carbonyl (C=O) groups is 1. The Morgan fingerprint density at radius 1 is 0.880 bits per heavy atom. The lowest BCUT2D eigenvalue weighted by Crippen LogP contribution is -2.29. The van der Waals surface area contributed by atoms with Crippen molar-refractivity contribution in [1.29, 1.82) is 0 Å².